The third kappa shape index (κ3) is 5.43. The number of halogens is 2. The van der Waals surface area contributed by atoms with Gasteiger partial charge in [0.15, 0.2) is 0 Å². The Hall–Kier alpha value is -0.810. The maximum absolute atomic E-state index is 12.5. The van der Waals surface area contributed by atoms with Crippen molar-refractivity contribution < 1.29 is 9.53 Å². The van der Waals surface area contributed by atoms with Crippen LogP contribution in [0.5, 0.6) is 0 Å². The number of rotatable bonds is 8. The van der Waals surface area contributed by atoms with Crippen molar-refractivity contribution in [1.29, 1.82) is 0 Å². The smallest absolute Gasteiger partial charge is 0.237 e. The van der Waals surface area contributed by atoms with Crippen LogP contribution in [-0.2, 0) is 9.53 Å². The molecule has 124 valence electrons. The molecule has 1 unspecified atom stereocenters. The lowest BCUT2D eigenvalue weighted by Crippen LogP contribution is -2.41. The fourth-order valence-electron chi connectivity index (χ4n) is 2.45. The van der Waals surface area contributed by atoms with Gasteiger partial charge in [0.25, 0.3) is 0 Å². The third-order valence-corrected chi connectivity index (χ3v) is 4.01. The van der Waals surface area contributed by atoms with E-state index in [-0.39, 0.29) is 24.4 Å². The fourth-order valence-corrected chi connectivity index (χ4v) is 2.58. The Bertz CT molecular complexity index is 464. The number of amides is 1. The SMILES string of the molecule is COCCNCC(=O)N(C1CC1)C(C)c1ccc(Cl)cc1.Cl. The molecule has 1 fully saturated rings. The van der Waals surface area contributed by atoms with Crippen molar-refractivity contribution in [3.8, 4) is 0 Å². The summed E-state index contributed by atoms with van der Waals surface area (Å²) in [6.45, 7) is 3.74. The minimum Gasteiger partial charge on any atom is -0.383 e. The molecule has 2 rings (SSSR count). The maximum Gasteiger partial charge on any atom is 0.237 e. The van der Waals surface area contributed by atoms with E-state index in [2.05, 4.69) is 12.2 Å². The van der Waals surface area contributed by atoms with Gasteiger partial charge in [-0.05, 0) is 37.5 Å². The van der Waals surface area contributed by atoms with Crippen LogP contribution in [0.1, 0.15) is 31.4 Å². The largest absolute Gasteiger partial charge is 0.383 e. The Kier molecular flexibility index (Phi) is 8.18. The highest BCUT2D eigenvalue weighted by atomic mass is 35.5. The van der Waals surface area contributed by atoms with Gasteiger partial charge in [0, 0.05) is 24.7 Å². The molecule has 0 heterocycles. The van der Waals surface area contributed by atoms with E-state index >= 15 is 0 Å². The molecule has 0 bridgehead atoms. The first-order valence-electron chi connectivity index (χ1n) is 7.39. The summed E-state index contributed by atoms with van der Waals surface area (Å²) in [6.07, 6.45) is 2.20. The van der Waals surface area contributed by atoms with Crippen molar-refractivity contribution in [1.82, 2.24) is 10.2 Å². The molecule has 0 spiro atoms. The minimum absolute atomic E-state index is 0. The average Bonchev–Trinajstić information content (AvgIpc) is 3.29. The second-order valence-electron chi connectivity index (χ2n) is 5.43. The number of hydrogen-bond acceptors (Lipinski definition) is 3. The first-order chi connectivity index (χ1) is 10.1. The topological polar surface area (TPSA) is 41.6 Å². The number of benzene rings is 1. The number of methoxy groups -OCH3 is 1. The van der Waals surface area contributed by atoms with Crippen molar-refractivity contribution in [2.45, 2.75) is 31.8 Å². The number of ether oxygens (including phenoxy) is 1. The predicted octanol–water partition coefficient (Wildman–Crippen LogP) is 3.05. The van der Waals surface area contributed by atoms with Gasteiger partial charge in [-0.1, -0.05) is 23.7 Å². The van der Waals surface area contributed by atoms with Gasteiger partial charge in [-0.3, -0.25) is 4.79 Å². The highest BCUT2D eigenvalue weighted by molar-refractivity contribution is 6.30. The van der Waals surface area contributed by atoms with E-state index in [1.807, 2.05) is 29.2 Å². The van der Waals surface area contributed by atoms with Crippen LogP contribution < -0.4 is 5.32 Å². The van der Waals surface area contributed by atoms with Crippen LogP contribution in [0.4, 0.5) is 0 Å². The van der Waals surface area contributed by atoms with Crippen molar-refractivity contribution in [3.05, 3.63) is 34.9 Å². The van der Waals surface area contributed by atoms with Gasteiger partial charge in [0.1, 0.15) is 0 Å². The Morgan fingerprint density at radius 1 is 1.41 bits per heavy atom. The van der Waals surface area contributed by atoms with Crippen LogP contribution in [0, 0.1) is 0 Å². The number of nitrogens with zero attached hydrogens (tertiary/aromatic N) is 1. The molecule has 1 aromatic rings. The van der Waals surface area contributed by atoms with E-state index in [1.165, 1.54) is 0 Å². The monoisotopic (exact) mass is 346 g/mol. The number of carbonyl (C=O) groups is 1. The molecule has 1 N–H and O–H groups in total. The van der Waals surface area contributed by atoms with Crippen LogP contribution in [0.25, 0.3) is 0 Å². The highest BCUT2D eigenvalue weighted by Gasteiger charge is 2.35. The van der Waals surface area contributed by atoms with Crippen molar-refractivity contribution in [2.75, 3.05) is 26.8 Å². The molecule has 1 saturated carbocycles. The number of nitrogens with one attached hydrogen (secondary N) is 1. The third-order valence-electron chi connectivity index (χ3n) is 3.76. The lowest BCUT2D eigenvalue weighted by atomic mass is 10.1. The molecular formula is C16H24Cl2N2O2. The molecule has 0 aliphatic heterocycles. The fraction of sp³-hybridized carbons (Fsp3) is 0.562. The van der Waals surface area contributed by atoms with Gasteiger partial charge in [0.05, 0.1) is 19.2 Å². The highest BCUT2D eigenvalue weighted by Crippen LogP contribution is 2.34. The van der Waals surface area contributed by atoms with E-state index in [0.717, 1.165) is 23.4 Å². The number of hydrogen-bond donors (Lipinski definition) is 1. The van der Waals surface area contributed by atoms with Gasteiger partial charge in [-0.2, -0.15) is 0 Å². The Labute approximate surface area is 143 Å². The summed E-state index contributed by atoms with van der Waals surface area (Å²) in [7, 11) is 1.66. The molecule has 1 amide bonds. The Morgan fingerprint density at radius 3 is 2.59 bits per heavy atom. The molecule has 6 heteroatoms. The van der Waals surface area contributed by atoms with E-state index < -0.39 is 0 Å². The Balaban J connectivity index is 0.00000242. The minimum atomic E-state index is 0. The maximum atomic E-state index is 12.5. The summed E-state index contributed by atoms with van der Waals surface area (Å²) in [5, 5.41) is 3.85. The summed E-state index contributed by atoms with van der Waals surface area (Å²) in [6, 6.07) is 8.19. The number of carbonyl (C=O) groups excluding carboxylic acids is 1. The van der Waals surface area contributed by atoms with Crippen molar-refractivity contribution in [3.63, 3.8) is 0 Å². The van der Waals surface area contributed by atoms with Gasteiger partial charge in [-0.25, -0.2) is 0 Å². The van der Waals surface area contributed by atoms with Crippen LogP contribution in [0.2, 0.25) is 5.02 Å². The Morgan fingerprint density at radius 2 is 2.05 bits per heavy atom. The zero-order valence-electron chi connectivity index (χ0n) is 13.0. The quantitative estimate of drug-likeness (QED) is 0.735. The molecule has 4 nitrogen and oxygen atoms in total. The molecule has 1 aromatic carbocycles. The van der Waals surface area contributed by atoms with E-state index in [9.17, 15) is 4.79 Å². The van der Waals surface area contributed by atoms with Crippen LogP contribution >= 0.6 is 24.0 Å². The molecular weight excluding hydrogens is 323 g/mol. The van der Waals surface area contributed by atoms with Crippen LogP contribution in [0.3, 0.4) is 0 Å². The van der Waals surface area contributed by atoms with Crippen molar-refractivity contribution in [2.24, 2.45) is 0 Å². The standard InChI is InChI=1S/C16H23ClN2O2.ClH/c1-12(13-3-5-14(17)6-4-13)19(15-7-8-15)16(20)11-18-9-10-21-2;/h3-6,12,15,18H,7-11H2,1-2H3;1H. The summed E-state index contributed by atoms with van der Waals surface area (Å²) in [4.78, 5) is 14.5. The average molecular weight is 347 g/mol. The molecule has 0 aromatic heterocycles. The molecule has 22 heavy (non-hydrogen) atoms. The summed E-state index contributed by atoms with van der Waals surface area (Å²) in [5.41, 5.74) is 1.12. The van der Waals surface area contributed by atoms with Crippen LogP contribution in [0.15, 0.2) is 24.3 Å². The first kappa shape index (κ1) is 19.2. The zero-order valence-corrected chi connectivity index (χ0v) is 14.6. The zero-order chi connectivity index (χ0) is 15.2. The summed E-state index contributed by atoms with van der Waals surface area (Å²) >= 11 is 5.93. The van der Waals surface area contributed by atoms with Gasteiger partial charge in [-0.15, -0.1) is 12.4 Å². The van der Waals surface area contributed by atoms with Gasteiger partial charge in [0.2, 0.25) is 5.91 Å². The first-order valence-corrected chi connectivity index (χ1v) is 7.77. The molecule has 1 aliphatic carbocycles. The van der Waals surface area contributed by atoms with Gasteiger partial charge < -0.3 is 15.0 Å². The van der Waals surface area contributed by atoms with Crippen molar-refractivity contribution >= 4 is 29.9 Å². The molecule has 0 radical (unpaired) electrons. The lowest BCUT2D eigenvalue weighted by molar-refractivity contribution is -0.133. The molecule has 1 aliphatic rings. The molecule has 0 saturated heterocycles. The summed E-state index contributed by atoms with van der Waals surface area (Å²) in [5.74, 6) is 0.149. The van der Waals surface area contributed by atoms with Crippen LogP contribution in [-0.4, -0.2) is 43.7 Å². The predicted molar refractivity (Wildman–Crippen MR) is 91.7 cm³/mol. The van der Waals surface area contributed by atoms with Gasteiger partial charge >= 0.3 is 0 Å². The summed E-state index contributed by atoms with van der Waals surface area (Å²) < 4.78 is 4.97. The second kappa shape index (κ2) is 9.36. The lowest BCUT2D eigenvalue weighted by Gasteiger charge is -2.30. The van der Waals surface area contributed by atoms with E-state index in [0.29, 0.717) is 25.7 Å². The molecule has 1 atom stereocenters. The normalized spacial score (nSPS) is 15.0. The van der Waals surface area contributed by atoms with E-state index in [1.54, 1.807) is 7.11 Å². The second-order valence-corrected chi connectivity index (χ2v) is 5.87. The van der Waals surface area contributed by atoms with E-state index in [4.69, 9.17) is 16.3 Å².